The van der Waals surface area contributed by atoms with E-state index in [1.807, 2.05) is 44.2 Å². The molecule has 0 saturated heterocycles. The van der Waals surface area contributed by atoms with Gasteiger partial charge in [-0.2, -0.15) is 0 Å². The molecule has 0 aliphatic rings. The van der Waals surface area contributed by atoms with Crippen LogP contribution in [0.3, 0.4) is 0 Å². The number of thioether (sulfide) groups is 1. The van der Waals surface area contributed by atoms with Crippen molar-refractivity contribution < 1.29 is 23.5 Å². The van der Waals surface area contributed by atoms with Crippen LogP contribution in [0.25, 0.3) is 0 Å². The molecule has 1 heterocycles. The van der Waals surface area contributed by atoms with E-state index in [1.165, 1.54) is 18.0 Å². The number of nitrogens with zero attached hydrogens (tertiary/aromatic N) is 2. The molecule has 0 unspecified atom stereocenters. The zero-order chi connectivity index (χ0) is 23.0. The summed E-state index contributed by atoms with van der Waals surface area (Å²) in [6, 6.07) is 9.79. The van der Waals surface area contributed by atoms with Crippen LogP contribution in [0.5, 0.6) is 0 Å². The number of ether oxygens (including phenoxy) is 2. The van der Waals surface area contributed by atoms with Crippen LogP contribution < -0.4 is 5.32 Å². The molecule has 1 aromatic carbocycles. The number of hydrogen-bond donors (Lipinski definition) is 1. The first kappa shape index (κ1) is 25.9. The summed E-state index contributed by atoms with van der Waals surface area (Å²) in [6.45, 7) is 7.57. The molecular weight excluding hydrogens is 430 g/mol. The van der Waals surface area contributed by atoms with Gasteiger partial charge in [-0.1, -0.05) is 18.2 Å². The SMILES string of the molecule is CCOCCCNC(=O)c1coc(CN(CCCOCC)C(=O)CSc2ccccc2)n1. The molecule has 32 heavy (non-hydrogen) atoms. The Morgan fingerprint density at radius 1 is 1.09 bits per heavy atom. The van der Waals surface area contributed by atoms with Crippen LogP contribution in [0.4, 0.5) is 0 Å². The highest BCUT2D eigenvalue weighted by Gasteiger charge is 2.19. The Kier molecular flexibility index (Phi) is 12.5. The van der Waals surface area contributed by atoms with Crippen molar-refractivity contribution in [3.63, 3.8) is 0 Å². The smallest absolute Gasteiger partial charge is 0.273 e. The summed E-state index contributed by atoms with van der Waals surface area (Å²) in [6.07, 6.45) is 2.77. The van der Waals surface area contributed by atoms with E-state index in [2.05, 4.69) is 10.3 Å². The number of aromatic nitrogens is 1. The third-order valence-corrected chi connectivity index (χ3v) is 5.44. The molecule has 0 saturated carbocycles. The summed E-state index contributed by atoms with van der Waals surface area (Å²) in [4.78, 5) is 32.1. The van der Waals surface area contributed by atoms with Crippen molar-refractivity contribution in [2.45, 2.75) is 38.1 Å². The van der Waals surface area contributed by atoms with Gasteiger partial charge in [0, 0.05) is 44.4 Å². The molecule has 0 atom stereocenters. The Hall–Kier alpha value is -2.36. The van der Waals surface area contributed by atoms with Gasteiger partial charge in [0.2, 0.25) is 11.8 Å². The number of amides is 2. The highest BCUT2D eigenvalue weighted by molar-refractivity contribution is 8.00. The first-order valence-corrected chi connectivity index (χ1v) is 12.0. The predicted molar refractivity (Wildman–Crippen MR) is 124 cm³/mol. The maximum atomic E-state index is 12.9. The van der Waals surface area contributed by atoms with Crippen molar-refractivity contribution in [1.29, 1.82) is 0 Å². The Morgan fingerprint density at radius 3 is 2.53 bits per heavy atom. The predicted octanol–water partition coefficient (Wildman–Crippen LogP) is 3.38. The summed E-state index contributed by atoms with van der Waals surface area (Å²) in [5.41, 5.74) is 0.205. The average Bonchev–Trinajstić information content (AvgIpc) is 3.28. The minimum absolute atomic E-state index is 0.0181. The molecule has 0 bridgehead atoms. The van der Waals surface area contributed by atoms with Crippen molar-refractivity contribution in [1.82, 2.24) is 15.2 Å². The molecule has 0 fully saturated rings. The average molecular weight is 464 g/mol. The lowest BCUT2D eigenvalue weighted by Crippen LogP contribution is -2.33. The molecule has 2 aromatic rings. The topological polar surface area (TPSA) is 93.9 Å². The van der Waals surface area contributed by atoms with Gasteiger partial charge in [0.1, 0.15) is 6.26 Å². The van der Waals surface area contributed by atoms with Crippen LogP contribution in [0, 0.1) is 0 Å². The summed E-state index contributed by atoms with van der Waals surface area (Å²) in [5.74, 6) is 0.326. The fourth-order valence-corrected chi connectivity index (χ4v) is 3.63. The van der Waals surface area contributed by atoms with Crippen LogP contribution in [0.1, 0.15) is 43.1 Å². The van der Waals surface area contributed by atoms with Crippen molar-refractivity contribution in [2.75, 3.05) is 45.3 Å². The monoisotopic (exact) mass is 463 g/mol. The zero-order valence-corrected chi connectivity index (χ0v) is 19.7. The van der Waals surface area contributed by atoms with Gasteiger partial charge in [0.05, 0.1) is 12.3 Å². The number of carbonyl (C=O) groups excluding carboxylic acids is 2. The van der Waals surface area contributed by atoms with Gasteiger partial charge >= 0.3 is 0 Å². The molecule has 1 N–H and O–H groups in total. The van der Waals surface area contributed by atoms with Crippen LogP contribution >= 0.6 is 11.8 Å². The molecule has 8 nitrogen and oxygen atoms in total. The molecule has 0 radical (unpaired) electrons. The minimum atomic E-state index is -0.301. The van der Waals surface area contributed by atoms with Gasteiger partial charge in [0.25, 0.3) is 5.91 Å². The number of carbonyl (C=O) groups is 2. The normalized spacial score (nSPS) is 10.8. The van der Waals surface area contributed by atoms with Crippen molar-refractivity contribution in [3.8, 4) is 0 Å². The standard InChI is InChI=1S/C23H33N3O5S/c1-3-29-14-8-12-24-23(28)20-17-31-21(25-20)16-26(13-9-15-30-4-2)22(27)18-32-19-10-6-5-7-11-19/h5-7,10-11,17H,3-4,8-9,12-16,18H2,1-2H3,(H,24,28). The summed E-state index contributed by atoms with van der Waals surface area (Å²) in [5, 5.41) is 2.79. The summed E-state index contributed by atoms with van der Waals surface area (Å²) in [7, 11) is 0. The van der Waals surface area contributed by atoms with Crippen molar-refractivity contribution >= 4 is 23.6 Å². The van der Waals surface area contributed by atoms with E-state index in [0.717, 1.165) is 11.3 Å². The van der Waals surface area contributed by atoms with Crippen LogP contribution in [0.15, 0.2) is 45.9 Å². The van der Waals surface area contributed by atoms with Crippen LogP contribution in [0.2, 0.25) is 0 Å². The van der Waals surface area contributed by atoms with Gasteiger partial charge < -0.3 is 24.1 Å². The third kappa shape index (κ3) is 9.84. The second kappa shape index (κ2) is 15.4. The Morgan fingerprint density at radius 2 is 1.81 bits per heavy atom. The van der Waals surface area contributed by atoms with E-state index in [1.54, 1.807) is 4.90 Å². The Bertz CT molecular complexity index is 800. The maximum absolute atomic E-state index is 12.9. The minimum Gasteiger partial charge on any atom is -0.446 e. The Labute approximate surface area is 194 Å². The molecule has 9 heteroatoms. The first-order chi connectivity index (χ1) is 15.6. The van der Waals surface area contributed by atoms with E-state index in [9.17, 15) is 9.59 Å². The summed E-state index contributed by atoms with van der Waals surface area (Å²) < 4.78 is 16.1. The van der Waals surface area contributed by atoms with E-state index >= 15 is 0 Å². The van der Waals surface area contributed by atoms with E-state index in [4.69, 9.17) is 13.9 Å². The fraction of sp³-hybridized carbons (Fsp3) is 0.522. The molecular formula is C23H33N3O5S. The number of benzene rings is 1. The van der Waals surface area contributed by atoms with E-state index in [0.29, 0.717) is 57.6 Å². The second-order valence-electron chi connectivity index (χ2n) is 6.90. The second-order valence-corrected chi connectivity index (χ2v) is 7.95. The quantitative estimate of drug-likeness (QED) is 0.301. The van der Waals surface area contributed by atoms with Crippen LogP contribution in [-0.2, 0) is 20.8 Å². The molecule has 176 valence electrons. The molecule has 0 aliphatic heterocycles. The highest BCUT2D eigenvalue weighted by Crippen LogP contribution is 2.18. The number of nitrogens with one attached hydrogen (secondary N) is 1. The van der Waals surface area contributed by atoms with E-state index in [-0.39, 0.29) is 24.1 Å². The molecule has 1 aromatic heterocycles. The maximum Gasteiger partial charge on any atom is 0.273 e. The fourth-order valence-electron chi connectivity index (χ4n) is 2.81. The highest BCUT2D eigenvalue weighted by atomic mass is 32.2. The largest absolute Gasteiger partial charge is 0.446 e. The van der Waals surface area contributed by atoms with Gasteiger partial charge in [-0.05, 0) is 38.8 Å². The number of hydrogen-bond acceptors (Lipinski definition) is 7. The van der Waals surface area contributed by atoms with Gasteiger partial charge in [-0.25, -0.2) is 4.98 Å². The Balaban J connectivity index is 1.90. The van der Waals surface area contributed by atoms with Gasteiger partial charge in [-0.3, -0.25) is 9.59 Å². The lowest BCUT2D eigenvalue weighted by molar-refractivity contribution is -0.129. The van der Waals surface area contributed by atoms with Gasteiger partial charge in [0.15, 0.2) is 5.69 Å². The number of oxazole rings is 1. The lowest BCUT2D eigenvalue weighted by Gasteiger charge is -2.21. The first-order valence-electron chi connectivity index (χ1n) is 11.0. The molecule has 0 aliphatic carbocycles. The van der Waals surface area contributed by atoms with Crippen molar-refractivity contribution in [2.24, 2.45) is 0 Å². The van der Waals surface area contributed by atoms with Crippen LogP contribution in [-0.4, -0.2) is 67.0 Å². The molecule has 0 spiro atoms. The summed E-state index contributed by atoms with van der Waals surface area (Å²) >= 11 is 1.49. The lowest BCUT2D eigenvalue weighted by atomic mass is 10.3. The number of rotatable bonds is 16. The van der Waals surface area contributed by atoms with Gasteiger partial charge in [-0.15, -0.1) is 11.8 Å². The molecule has 2 rings (SSSR count). The zero-order valence-electron chi connectivity index (χ0n) is 18.9. The molecule has 2 amide bonds. The van der Waals surface area contributed by atoms with E-state index < -0.39 is 0 Å². The third-order valence-electron chi connectivity index (χ3n) is 4.44. The van der Waals surface area contributed by atoms with Crippen molar-refractivity contribution in [3.05, 3.63) is 48.2 Å².